The van der Waals surface area contributed by atoms with E-state index in [1.54, 1.807) is 6.92 Å². The Balaban J connectivity index is 3.36. The van der Waals surface area contributed by atoms with E-state index in [2.05, 4.69) is 15.5 Å². The Morgan fingerprint density at radius 1 is 1.70 bits per heavy atom. The first-order chi connectivity index (χ1) is 4.81. The van der Waals surface area contributed by atoms with Crippen LogP contribution in [-0.4, -0.2) is 19.2 Å². The monoisotopic (exact) mass is 145 g/mol. The average molecular weight is 145 g/mol. The van der Waals surface area contributed by atoms with E-state index in [1.807, 2.05) is 0 Å². The lowest BCUT2D eigenvalue weighted by atomic mass is 10.5. The summed E-state index contributed by atoms with van der Waals surface area (Å²) in [7, 11) is 0. The van der Waals surface area contributed by atoms with Crippen LogP contribution in [0.1, 0.15) is 6.92 Å². The van der Waals surface area contributed by atoms with Gasteiger partial charge in [-0.1, -0.05) is 0 Å². The van der Waals surface area contributed by atoms with Gasteiger partial charge in [0.2, 0.25) is 0 Å². The highest BCUT2D eigenvalue weighted by molar-refractivity contribution is 5.81. The Kier molecular flexibility index (Phi) is 5.71. The zero-order chi connectivity index (χ0) is 7.82. The molecule has 0 aliphatic rings. The predicted octanol–water partition coefficient (Wildman–Crippen LogP) is -0.00400. The van der Waals surface area contributed by atoms with Crippen molar-refractivity contribution in [2.45, 2.75) is 6.92 Å². The van der Waals surface area contributed by atoms with E-state index in [0.717, 1.165) is 0 Å². The Labute approximate surface area is 59.6 Å². The quantitative estimate of drug-likeness (QED) is 0.343. The Hall–Kier alpha value is -0.870. The molecule has 0 rings (SSSR count). The van der Waals surface area contributed by atoms with Crippen molar-refractivity contribution >= 4 is 5.97 Å². The van der Waals surface area contributed by atoms with Gasteiger partial charge in [-0.3, -0.25) is 0 Å². The summed E-state index contributed by atoms with van der Waals surface area (Å²) in [6.45, 7) is 2.34. The first-order valence-corrected chi connectivity index (χ1v) is 2.96. The third-order valence-electron chi connectivity index (χ3n) is 0.733. The smallest absolute Gasteiger partial charge is 0.330 e. The molecule has 0 spiro atoms. The fraction of sp³-hybridized carbons (Fsp3) is 0.500. The van der Waals surface area contributed by atoms with E-state index >= 15 is 0 Å². The van der Waals surface area contributed by atoms with Gasteiger partial charge >= 0.3 is 5.97 Å². The summed E-state index contributed by atoms with van der Waals surface area (Å²) in [4.78, 5) is 14.7. The van der Waals surface area contributed by atoms with Crippen molar-refractivity contribution in [3.63, 3.8) is 0 Å². The van der Waals surface area contributed by atoms with Crippen molar-refractivity contribution in [3.05, 3.63) is 12.2 Å². The van der Waals surface area contributed by atoms with Gasteiger partial charge in [0, 0.05) is 6.08 Å². The third-order valence-corrected chi connectivity index (χ3v) is 0.733. The summed E-state index contributed by atoms with van der Waals surface area (Å²) in [6, 6.07) is 0. The van der Waals surface area contributed by atoms with E-state index in [1.165, 1.54) is 12.2 Å². The molecule has 0 heterocycles. The Morgan fingerprint density at radius 3 is 2.90 bits per heavy atom. The average Bonchev–Trinajstić information content (AvgIpc) is 1.89. The zero-order valence-corrected chi connectivity index (χ0v) is 5.87. The molecule has 0 aliphatic carbocycles. The lowest BCUT2D eigenvalue weighted by Crippen LogP contribution is -2.01. The van der Waals surface area contributed by atoms with Gasteiger partial charge in [-0.15, -0.1) is 0 Å². The largest absolute Gasteiger partial charge is 0.463 e. The summed E-state index contributed by atoms with van der Waals surface area (Å²) in [5.74, 6) is 4.31. The van der Waals surface area contributed by atoms with E-state index in [-0.39, 0.29) is 12.6 Å². The summed E-state index contributed by atoms with van der Waals surface area (Å²) in [5.41, 5.74) is 0. The van der Waals surface area contributed by atoms with Crippen molar-refractivity contribution in [3.8, 4) is 0 Å². The zero-order valence-electron chi connectivity index (χ0n) is 5.87. The van der Waals surface area contributed by atoms with Crippen LogP contribution in [0, 0.1) is 0 Å². The van der Waals surface area contributed by atoms with E-state index < -0.39 is 0 Å². The van der Waals surface area contributed by atoms with E-state index in [9.17, 15) is 4.79 Å². The van der Waals surface area contributed by atoms with Gasteiger partial charge in [0.15, 0.2) is 0 Å². The van der Waals surface area contributed by atoms with Crippen LogP contribution in [0.5, 0.6) is 0 Å². The maximum absolute atomic E-state index is 10.5. The molecule has 0 amide bonds. The number of nitrogens with two attached hydrogens (primary N) is 1. The van der Waals surface area contributed by atoms with Crippen molar-refractivity contribution in [1.82, 2.24) is 0 Å². The summed E-state index contributed by atoms with van der Waals surface area (Å²) >= 11 is 0. The van der Waals surface area contributed by atoms with Crippen LogP contribution in [0.2, 0.25) is 0 Å². The normalized spacial score (nSPS) is 10.2. The standard InChI is InChI=1S/C6H11NO3/c1-2-9-6(8)4-3-5-10-7/h3-4H,2,5,7H2,1H3/b4-3+. The first kappa shape index (κ1) is 9.13. The molecular weight excluding hydrogens is 134 g/mol. The van der Waals surface area contributed by atoms with Crippen LogP contribution in [0.15, 0.2) is 12.2 Å². The molecule has 0 saturated heterocycles. The maximum Gasteiger partial charge on any atom is 0.330 e. The van der Waals surface area contributed by atoms with Gasteiger partial charge in [-0.2, -0.15) is 0 Å². The molecule has 0 bridgehead atoms. The molecule has 0 aromatic heterocycles. The van der Waals surface area contributed by atoms with Crippen LogP contribution in [-0.2, 0) is 14.4 Å². The molecule has 0 aliphatic heterocycles. The molecule has 0 unspecified atom stereocenters. The van der Waals surface area contributed by atoms with Crippen LogP contribution in [0.3, 0.4) is 0 Å². The molecule has 0 aromatic rings. The summed E-state index contributed by atoms with van der Waals surface area (Å²) < 4.78 is 4.57. The van der Waals surface area contributed by atoms with E-state index in [4.69, 9.17) is 0 Å². The van der Waals surface area contributed by atoms with Crippen molar-refractivity contribution < 1.29 is 14.4 Å². The van der Waals surface area contributed by atoms with Crippen molar-refractivity contribution in [2.24, 2.45) is 5.90 Å². The molecule has 0 radical (unpaired) electrons. The molecule has 58 valence electrons. The minimum atomic E-state index is -0.375. The minimum Gasteiger partial charge on any atom is -0.463 e. The number of carbonyl (C=O) groups excluding carboxylic acids is 1. The van der Waals surface area contributed by atoms with Gasteiger partial charge in [0.05, 0.1) is 13.2 Å². The number of hydrogen-bond donors (Lipinski definition) is 1. The van der Waals surface area contributed by atoms with Gasteiger partial charge in [0.25, 0.3) is 0 Å². The fourth-order valence-corrected chi connectivity index (χ4v) is 0.390. The molecule has 4 nitrogen and oxygen atoms in total. The second kappa shape index (κ2) is 6.25. The number of ether oxygens (including phenoxy) is 1. The maximum atomic E-state index is 10.5. The summed E-state index contributed by atoms with van der Waals surface area (Å²) in [6.07, 6.45) is 2.76. The lowest BCUT2D eigenvalue weighted by molar-refractivity contribution is -0.137. The number of hydrogen-bond acceptors (Lipinski definition) is 4. The second-order valence-corrected chi connectivity index (χ2v) is 1.49. The third kappa shape index (κ3) is 5.27. The molecule has 2 N–H and O–H groups in total. The van der Waals surface area contributed by atoms with Crippen LogP contribution < -0.4 is 5.90 Å². The molecular formula is C6H11NO3. The number of carbonyl (C=O) groups is 1. The highest BCUT2D eigenvalue weighted by Crippen LogP contribution is 1.80. The van der Waals surface area contributed by atoms with E-state index in [0.29, 0.717) is 6.61 Å². The molecule has 0 atom stereocenters. The molecule has 4 heteroatoms. The van der Waals surface area contributed by atoms with Crippen molar-refractivity contribution in [1.29, 1.82) is 0 Å². The lowest BCUT2D eigenvalue weighted by Gasteiger charge is -1.93. The Bertz CT molecular complexity index is 122. The second-order valence-electron chi connectivity index (χ2n) is 1.49. The van der Waals surface area contributed by atoms with Crippen LogP contribution in [0.25, 0.3) is 0 Å². The molecule has 0 aromatic carbocycles. The van der Waals surface area contributed by atoms with Crippen LogP contribution in [0.4, 0.5) is 0 Å². The Morgan fingerprint density at radius 2 is 2.40 bits per heavy atom. The summed E-state index contributed by atoms with van der Waals surface area (Å²) in [5, 5.41) is 0. The van der Waals surface area contributed by atoms with Gasteiger partial charge in [-0.25, -0.2) is 10.7 Å². The highest BCUT2D eigenvalue weighted by Gasteiger charge is 1.90. The van der Waals surface area contributed by atoms with Crippen molar-refractivity contribution in [2.75, 3.05) is 13.2 Å². The molecule has 10 heavy (non-hydrogen) atoms. The first-order valence-electron chi connectivity index (χ1n) is 2.96. The number of rotatable bonds is 4. The topological polar surface area (TPSA) is 61.5 Å². The molecule has 0 saturated carbocycles. The van der Waals surface area contributed by atoms with Gasteiger partial charge in [0.1, 0.15) is 0 Å². The predicted molar refractivity (Wildman–Crippen MR) is 35.9 cm³/mol. The number of esters is 1. The van der Waals surface area contributed by atoms with Gasteiger partial charge in [-0.05, 0) is 13.0 Å². The minimum absolute atomic E-state index is 0.221. The SMILES string of the molecule is CCOC(=O)/C=C/CON. The van der Waals surface area contributed by atoms with Gasteiger partial charge < -0.3 is 9.57 Å². The van der Waals surface area contributed by atoms with Crippen LogP contribution >= 0.6 is 0 Å². The highest BCUT2D eigenvalue weighted by atomic mass is 16.6. The fourth-order valence-electron chi connectivity index (χ4n) is 0.390. The molecule has 0 fully saturated rings.